The Morgan fingerprint density at radius 2 is 1.88 bits per heavy atom. The minimum atomic E-state index is -1.06. The fraction of sp³-hybridized carbons (Fsp3) is 0.100. The first-order chi connectivity index (χ1) is 7.59. The van der Waals surface area contributed by atoms with Crippen molar-refractivity contribution in [3.8, 4) is 0 Å². The molecule has 0 radical (unpaired) electrons. The summed E-state index contributed by atoms with van der Waals surface area (Å²) in [6.07, 6.45) is 0. The highest BCUT2D eigenvalue weighted by atomic mass is 16.7. The zero-order chi connectivity index (χ0) is 11.7. The third kappa shape index (κ3) is 1.60. The van der Waals surface area contributed by atoms with Crippen molar-refractivity contribution in [1.82, 2.24) is 5.48 Å². The first-order valence-electron chi connectivity index (χ1n) is 4.43. The molecule has 1 aliphatic rings. The normalized spacial score (nSPS) is 19.1. The Morgan fingerprint density at radius 3 is 2.31 bits per heavy atom. The molecule has 2 rings (SSSR count). The third-order valence-electron chi connectivity index (χ3n) is 2.24. The Bertz CT molecular complexity index is 449. The van der Waals surface area contributed by atoms with Crippen molar-refractivity contribution < 1.29 is 24.3 Å². The van der Waals surface area contributed by atoms with Crippen molar-refractivity contribution in [1.29, 1.82) is 0 Å². The van der Waals surface area contributed by atoms with E-state index >= 15 is 0 Å². The van der Waals surface area contributed by atoms with Crippen molar-refractivity contribution in [3.63, 3.8) is 0 Å². The summed E-state index contributed by atoms with van der Waals surface area (Å²) in [5, 5.41) is 8.67. The summed E-state index contributed by atoms with van der Waals surface area (Å²) in [5.74, 6) is -3.31. The Labute approximate surface area is 89.8 Å². The van der Waals surface area contributed by atoms with E-state index in [1.54, 1.807) is 0 Å². The molecule has 1 saturated heterocycles. The highest BCUT2D eigenvalue weighted by Gasteiger charge is 2.37. The van der Waals surface area contributed by atoms with Crippen molar-refractivity contribution >= 4 is 17.8 Å². The lowest BCUT2D eigenvalue weighted by Crippen LogP contribution is -2.17. The first-order valence-corrected chi connectivity index (χ1v) is 4.43. The van der Waals surface area contributed by atoms with E-state index in [0.717, 1.165) is 0 Å². The van der Waals surface area contributed by atoms with E-state index in [1.807, 2.05) is 5.48 Å². The van der Waals surface area contributed by atoms with Crippen LogP contribution in [0.2, 0.25) is 0 Å². The second kappa shape index (κ2) is 3.65. The smallest absolute Gasteiger partial charge is 0.349 e. The van der Waals surface area contributed by atoms with E-state index in [0.29, 0.717) is 5.56 Å². The Balaban J connectivity index is 2.31. The standard InChI is InChI=1S/C10H7NO5/c12-8-7(10(15)16-11-8)5-1-3-6(4-2-5)9(13)14/h1-4,7H,(H,11,12)(H,13,14). The topological polar surface area (TPSA) is 92.7 Å². The van der Waals surface area contributed by atoms with Crippen LogP contribution in [-0.2, 0) is 14.4 Å². The van der Waals surface area contributed by atoms with Crippen LogP contribution in [0.3, 0.4) is 0 Å². The van der Waals surface area contributed by atoms with Crippen LogP contribution in [-0.4, -0.2) is 23.0 Å². The van der Waals surface area contributed by atoms with Gasteiger partial charge in [-0.3, -0.25) is 4.79 Å². The molecule has 1 aromatic rings. The van der Waals surface area contributed by atoms with Gasteiger partial charge in [0, 0.05) is 0 Å². The maximum Gasteiger partial charge on any atom is 0.349 e. The molecule has 82 valence electrons. The zero-order valence-electron chi connectivity index (χ0n) is 7.97. The average Bonchev–Trinajstić information content (AvgIpc) is 2.59. The second-order valence-electron chi connectivity index (χ2n) is 3.25. The van der Waals surface area contributed by atoms with Crippen LogP contribution >= 0.6 is 0 Å². The van der Waals surface area contributed by atoms with Gasteiger partial charge in [0.05, 0.1) is 5.56 Å². The minimum Gasteiger partial charge on any atom is -0.478 e. The predicted molar refractivity (Wildman–Crippen MR) is 50.4 cm³/mol. The van der Waals surface area contributed by atoms with Gasteiger partial charge in [0.1, 0.15) is 0 Å². The third-order valence-corrected chi connectivity index (χ3v) is 2.24. The highest BCUT2D eigenvalue weighted by Crippen LogP contribution is 2.21. The molecular weight excluding hydrogens is 214 g/mol. The van der Waals surface area contributed by atoms with Crippen LogP contribution in [0.1, 0.15) is 21.8 Å². The number of hydrogen-bond acceptors (Lipinski definition) is 4. The average molecular weight is 221 g/mol. The molecule has 1 aliphatic heterocycles. The maximum absolute atomic E-state index is 11.2. The van der Waals surface area contributed by atoms with Crippen LogP contribution in [0, 0.1) is 0 Å². The zero-order valence-corrected chi connectivity index (χ0v) is 7.97. The predicted octanol–water partition coefficient (Wildman–Crippen LogP) is 0.0564. The van der Waals surface area contributed by atoms with Gasteiger partial charge in [0.2, 0.25) is 0 Å². The van der Waals surface area contributed by atoms with Gasteiger partial charge in [0.15, 0.2) is 5.92 Å². The number of rotatable bonds is 2. The van der Waals surface area contributed by atoms with Crippen LogP contribution < -0.4 is 5.48 Å². The van der Waals surface area contributed by atoms with E-state index in [4.69, 9.17) is 5.11 Å². The fourth-order valence-corrected chi connectivity index (χ4v) is 1.43. The molecule has 6 heteroatoms. The number of benzene rings is 1. The molecule has 1 fully saturated rings. The van der Waals surface area contributed by atoms with Crippen molar-refractivity contribution in [3.05, 3.63) is 35.4 Å². The van der Waals surface area contributed by atoms with Gasteiger partial charge in [-0.25, -0.2) is 9.59 Å². The van der Waals surface area contributed by atoms with Crippen LogP contribution in [0.25, 0.3) is 0 Å². The molecule has 1 amide bonds. The number of amides is 1. The van der Waals surface area contributed by atoms with Gasteiger partial charge in [0.25, 0.3) is 5.91 Å². The molecule has 1 unspecified atom stereocenters. The quantitative estimate of drug-likeness (QED) is 0.688. The van der Waals surface area contributed by atoms with Gasteiger partial charge in [-0.1, -0.05) is 12.1 Å². The highest BCUT2D eigenvalue weighted by molar-refractivity contribution is 6.06. The number of carbonyl (C=O) groups excluding carboxylic acids is 2. The molecule has 6 nitrogen and oxygen atoms in total. The van der Waals surface area contributed by atoms with Crippen LogP contribution in [0.5, 0.6) is 0 Å². The molecule has 2 N–H and O–H groups in total. The lowest BCUT2D eigenvalue weighted by Gasteiger charge is -2.03. The minimum absolute atomic E-state index is 0.0931. The van der Waals surface area contributed by atoms with Gasteiger partial charge >= 0.3 is 11.9 Å². The first kappa shape index (κ1) is 10.2. The Kier molecular flexibility index (Phi) is 2.32. The second-order valence-corrected chi connectivity index (χ2v) is 3.25. The van der Waals surface area contributed by atoms with E-state index in [2.05, 4.69) is 4.84 Å². The summed E-state index contributed by atoms with van der Waals surface area (Å²) in [5.41, 5.74) is 2.45. The summed E-state index contributed by atoms with van der Waals surface area (Å²) in [6, 6.07) is 5.49. The number of aromatic carboxylic acids is 1. The molecule has 0 aromatic heterocycles. The largest absolute Gasteiger partial charge is 0.478 e. The number of carboxylic acids is 1. The lowest BCUT2D eigenvalue weighted by atomic mass is 9.98. The Hall–Kier alpha value is -2.37. The number of hydrogen-bond donors (Lipinski definition) is 2. The van der Waals surface area contributed by atoms with Gasteiger partial charge in [-0.05, 0) is 17.7 Å². The van der Waals surface area contributed by atoms with Gasteiger partial charge in [-0.2, -0.15) is 5.48 Å². The van der Waals surface area contributed by atoms with Crippen molar-refractivity contribution in [2.75, 3.05) is 0 Å². The van der Waals surface area contributed by atoms with Crippen LogP contribution in [0.4, 0.5) is 0 Å². The molecule has 0 spiro atoms. The summed E-state index contributed by atoms with van der Waals surface area (Å²) in [6.45, 7) is 0. The molecule has 16 heavy (non-hydrogen) atoms. The number of carbonyl (C=O) groups is 3. The molecule has 1 aromatic carbocycles. The van der Waals surface area contributed by atoms with E-state index in [1.165, 1.54) is 24.3 Å². The summed E-state index contributed by atoms with van der Waals surface area (Å²) < 4.78 is 0. The number of nitrogens with one attached hydrogen (secondary N) is 1. The molecule has 0 aliphatic carbocycles. The summed E-state index contributed by atoms with van der Waals surface area (Å²) >= 11 is 0. The molecular formula is C10H7NO5. The molecule has 1 heterocycles. The molecule has 1 atom stereocenters. The number of hydroxylamine groups is 1. The lowest BCUT2D eigenvalue weighted by molar-refractivity contribution is -0.144. The maximum atomic E-state index is 11.2. The Morgan fingerprint density at radius 1 is 1.25 bits per heavy atom. The van der Waals surface area contributed by atoms with Crippen molar-refractivity contribution in [2.24, 2.45) is 0 Å². The molecule has 0 bridgehead atoms. The molecule has 0 saturated carbocycles. The van der Waals surface area contributed by atoms with E-state index in [-0.39, 0.29) is 5.56 Å². The van der Waals surface area contributed by atoms with Crippen molar-refractivity contribution in [2.45, 2.75) is 5.92 Å². The fourth-order valence-electron chi connectivity index (χ4n) is 1.43. The monoisotopic (exact) mass is 221 g/mol. The van der Waals surface area contributed by atoms with Gasteiger partial charge in [-0.15, -0.1) is 0 Å². The SMILES string of the molecule is O=C(O)c1ccc(C2C(=O)NOC2=O)cc1. The summed E-state index contributed by atoms with van der Waals surface area (Å²) in [4.78, 5) is 37.4. The number of carboxylic acid groups (broad SMARTS) is 1. The van der Waals surface area contributed by atoms with E-state index < -0.39 is 23.8 Å². The van der Waals surface area contributed by atoms with E-state index in [9.17, 15) is 14.4 Å². The van der Waals surface area contributed by atoms with Crippen LogP contribution in [0.15, 0.2) is 24.3 Å². The summed E-state index contributed by atoms with van der Waals surface area (Å²) in [7, 11) is 0. The van der Waals surface area contributed by atoms with Gasteiger partial charge < -0.3 is 9.94 Å².